The summed E-state index contributed by atoms with van der Waals surface area (Å²) in [7, 11) is 0. The Morgan fingerprint density at radius 1 is 0.591 bits per heavy atom. The summed E-state index contributed by atoms with van der Waals surface area (Å²) in [5, 5.41) is 8.47. The van der Waals surface area contributed by atoms with Gasteiger partial charge >= 0.3 is 0 Å². The predicted molar refractivity (Wildman–Crippen MR) is 96.7 cm³/mol. The van der Waals surface area contributed by atoms with Crippen LogP contribution in [0.1, 0.15) is 26.3 Å². The van der Waals surface area contributed by atoms with E-state index in [2.05, 4.69) is 75.4 Å². The van der Waals surface area contributed by atoms with Crippen molar-refractivity contribution in [2.75, 3.05) is 0 Å². The highest BCUT2D eigenvalue weighted by Gasteiger charge is 2.24. The van der Waals surface area contributed by atoms with Crippen molar-refractivity contribution < 1.29 is 0 Å². The maximum Gasteiger partial charge on any atom is -0.00142 e. The van der Waals surface area contributed by atoms with E-state index >= 15 is 0 Å². The lowest BCUT2D eigenvalue weighted by Crippen LogP contribution is -2.11. The summed E-state index contributed by atoms with van der Waals surface area (Å²) in [6, 6.07) is 20.5. The molecule has 0 saturated heterocycles. The van der Waals surface area contributed by atoms with Crippen LogP contribution in [-0.4, -0.2) is 0 Å². The Labute approximate surface area is 130 Å². The summed E-state index contributed by atoms with van der Waals surface area (Å²) in [5.41, 5.74) is 4.41. The van der Waals surface area contributed by atoms with Crippen molar-refractivity contribution in [3.63, 3.8) is 0 Å². The van der Waals surface area contributed by atoms with Crippen LogP contribution in [0.2, 0.25) is 0 Å². The van der Waals surface area contributed by atoms with Crippen molar-refractivity contribution in [3.8, 4) is 11.1 Å². The number of hydrogen-bond donors (Lipinski definition) is 0. The van der Waals surface area contributed by atoms with Gasteiger partial charge in [-0.1, -0.05) is 75.4 Å². The molecular weight excluding hydrogens is 264 g/mol. The van der Waals surface area contributed by atoms with Gasteiger partial charge in [-0.25, -0.2) is 0 Å². The SMILES string of the molecule is CC(C)(C)c1ccc2c3c1ccc1ccc4cccc-2c4c13. The zero-order valence-electron chi connectivity index (χ0n) is 13.2. The van der Waals surface area contributed by atoms with Crippen molar-refractivity contribution in [1.29, 1.82) is 0 Å². The first-order valence-corrected chi connectivity index (χ1v) is 7.98. The maximum absolute atomic E-state index is 2.33. The van der Waals surface area contributed by atoms with Crippen molar-refractivity contribution in [1.82, 2.24) is 0 Å². The molecular formula is C22H18. The topological polar surface area (TPSA) is 0 Å². The molecule has 0 heterocycles. The quantitative estimate of drug-likeness (QED) is 0.287. The van der Waals surface area contributed by atoms with E-state index in [0.29, 0.717) is 0 Å². The fraction of sp³-hybridized carbons (Fsp3) is 0.182. The maximum atomic E-state index is 2.33. The van der Waals surface area contributed by atoms with E-state index in [1.165, 1.54) is 49.0 Å². The van der Waals surface area contributed by atoms with E-state index in [1.807, 2.05) is 0 Å². The second-order valence-electron chi connectivity index (χ2n) is 7.47. The summed E-state index contributed by atoms with van der Waals surface area (Å²) in [5.74, 6) is 0. The molecule has 22 heavy (non-hydrogen) atoms. The van der Waals surface area contributed by atoms with Gasteiger partial charge in [0.1, 0.15) is 0 Å². The van der Waals surface area contributed by atoms with Crippen molar-refractivity contribution in [3.05, 3.63) is 60.2 Å². The Balaban J connectivity index is 2.13. The molecule has 0 bridgehead atoms. The highest BCUT2D eigenvalue weighted by atomic mass is 14.3. The monoisotopic (exact) mass is 282 g/mol. The summed E-state index contributed by atoms with van der Waals surface area (Å²) >= 11 is 0. The lowest BCUT2D eigenvalue weighted by Gasteiger charge is -2.22. The smallest absolute Gasteiger partial charge is 0.00142 e. The third kappa shape index (κ3) is 1.33. The average Bonchev–Trinajstić information content (AvgIpc) is 2.84. The lowest BCUT2D eigenvalue weighted by atomic mass is 9.82. The Morgan fingerprint density at radius 3 is 2.05 bits per heavy atom. The molecule has 106 valence electrons. The Kier molecular flexibility index (Phi) is 2.06. The second kappa shape index (κ2) is 3.70. The van der Waals surface area contributed by atoms with Gasteiger partial charge in [0.25, 0.3) is 0 Å². The third-order valence-corrected chi connectivity index (χ3v) is 5.10. The van der Waals surface area contributed by atoms with E-state index in [1.54, 1.807) is 0 Å². The fourth-order valence-corrected chi connectivity index (χ4v) is 4.14. The molecule has 0 nitrogen and oxygen atoms in total. The summed E-state index contributed by atoms with van der Waals surface area (Å²) < 4.78 is 0. The van der Waals surface area contributed by atoms with E-state index < -0.39 is 0 Å². The minimum absolute atomic E-state index is 0.162. The van der Waals surface area contributed by atoms with E-state index in [4.69, 9.17) is 0 Å². The van der Waals surface area contributed by atoms with Crippen molar-refractivity contribution in [2.24, 2.45) is 0 Å². The molecule has 4 aromatic rings. The van der Waals surface area contributed by atoms with Crippen LogP contribution in [0.5, 0.6) is 0 Å². The molecule has 1 aliphatic carbocycles. The molecule has 0 spiro atoms. The molecule has 0 aromatic heterocycles. The van der Waals surface area contributed by atoms with Gasteiger partial charge in [-0.3, -0.25) is 0 Å². The van der Waals surface area contributed by atoms with E-state index in [-0.39, 0.29) is 5.41 Å². The highest BCUT2D eigenvalue weighted by Crippen LogP contribution is 2.49. The first-order chi connectivity index (χ1) is 10.6. The van der Waals surface area contributed by atoms with Gasteiger partial charge in [0.15, 0.2) is 0 Å². The van der Waals surface area contributed by atoms with E-state index in [0.717, 1.165) is 0 Å². The van der Waals surface area contributed by atoms with Gasteiger partial charge in [0, 0.05) is 0 Å². The normalized spacial score (nSPS) is 13.2. The molecule has 0 aliphatic heterocycles. The molecule has 0 atom stereocenters. The van der Waals surface area contributed by atoms with Gasteiger partial charge in [-0.2, -0.15) is 0 Å². The summed E-state index contributed by atoms with van der Waals surface area (Å²) in [6.07, 6.45) is 0. The Bertz CT molecular complexity index is 1090. The first-order valence-electron chi connectivity index (χ1n) is 7.98. The highest BCUT2D eigenvalue weighted by molar-refractivity contribution is 6.33. The number of benzene rings is 4. The predicted octanol–water partition coefficient (Wildman–Crippen LogP) is 6.42. The average molecular weight is 282 g/mol. The van der Waals surface area contributed by atoms with Crippen LogP contribution < -0.4 is 0 Å². The molecule has 4 aromatic carbocycles. The second-order valence-corrected chi connectivity index (χ2v) is 7.47. The van der Waals surface area contributed by atoms with E-state index in [9.17, 15) is 0 Å². The van der Waals surface area contributed by atoms with Gasteiger partial charge in [0.2, 0.25) is 0 Å². The molecule has 0 fully saturated rings. The molecule has 0 heteroatoms. The van der Waals surface area contributed by atoms with Crippen molar-refractivity contribution in [2.45, 2.75) is 26.2 Å². The molecule has 0 N–H and O–H groups in total. The summed E-state index contributed by atoms with van der Waals surface area (Å²) in [4.78, 5) is 0. The molecule has 0 unspecified atom stereocenters. The van der Waals surface area contributed by atoms with Gasteiger partial charge in [-0.05, 0) is 54.4 Å². The zero-order valence-corrected chi connectivity index (χ0v) is 13.2. The molecule has 1 aliphatic rings. The number of fused-ring (bicyclic) bond motifs is 1. The number of rotatable bonds is 0. The van der Waals surface area contributed by atoms with Gasteiger partial charge in [0.05, 0.1) is 0 Å². The Morgan fingerprint density at radius 2 is 1.27 bits per heavy atom. The first kappa shape index (κ1) is 12.2. The van der Waals surface area contributed by atoms with Crippen LogP contribution >= 0.6 is 0 Å². The number of hydrogen-bond acceptors (Lipinski definition) is 0. The molecule has 5 rings (SSSR count). The molecule has 0 amide bonds. The minimum atomic E-state index is 0.162. The third-order valence-electron chi connectivity index (χ3n) is 5.10. The zero-order chi connectivity index (χ0) is 15.1. The van der Waals surface area contributed by atoms with Gasteiger partial charge in [-0.15, -0.1) is 0 Å². The van der Waals surface area contributed by atoms with Crippen LogP contribution in [0, 0.1) is 0 Å². The largest absolute Gasteiger partial charge is 0.0610 e. The van der Waals surface area contributed by atoms with Crippen LogP contribution in [-0.2, 0) is 5.41 Å². The van der Waals surface area contributed by atoms with Crippen LogP contribution in [0.15, 0.2) is 54.6 Å². The standard InChI is InChI=1S/C22H18/c1-22(2,3)18-12-11-16-15-6-4-5-13-7-8-14-9-10-17(18)21(16)20(14)19(13)15/h4-12H,1-3H3. The Hall–Kier alpha value is -2.34. The molecule has 0 radical (unpaired) electrons. The van der Waals surface area contributed by atoms with Crippen LogP contribution in [0.4, 0.5) is 0 Å². The van der Waals surface area contributed by atoms with Gasteiger partial charge < -0.3 is 0 Å². The fourth-order valence-electron chi connectivity index (χ4n) is 4.14. The molecule has 0 saturated carbocycles. The summed E-state index contributed by atoms with van der Waals surface area (Å²) in [6.45, 7) is 6.91. The van der Waals surface area contributed by atoms with Crippen LogP contribution in [0.25, 0.3) is 43.4 Å². The van der Waals surface area contributed by atoms with Crippen molar-refractivity contribution >= 4 is 32.3 Å². The minimum Gasteiger partial charge on any atom is -0.0610 e. The lowest BCUT2D eigenvalue weighted by molar-refractivity contribution is 0.596. The van der Waals surface area contributed by atoms with Crippen LogP contribution in [0.3, 0.4) is 0 Å².